The molecule has 0 bridgehead atoms. The van der Waals surface area contributed by atoms with E-state index in [1.807, 2.05) is 6.08 Å². The lowest BCUT2D eigenvalue weighted by Gasteiger charge is -2.40. The third-order valence-electron chi connectivity index (χ3n) is 13.5. The van der Waals surface area contributed by atoms with Crippen LogP contribution in [0.25, 0.3) is 0 Å². The number of allylic oxidation sites excluding steroid dienone is 9. The number of carbonyl (C=O) groups is 1. The smallest absolute Gasteiger partial charge is 0.220 e. The second-order valence-corrected chi connectivity index (χ2v) is 20.1. The molecular weight excluding hydrogens is 863 g/mol. The van der Waals surface area contributed by atoms with Crippen molar-refractivity contribution in [3.05, 3.63) is 60.8 Å². The van der Waals surface area contributed by atoms with Gasteiger partial charge in [-0.1, -0.05) is 242 Å². The minimum absolute atomic E-state index is 0.192. The summed E-state index contributed by atoms with van der Waals surface area (Å²) in [4.78, 5) is 13.0. The maximum atomic E-state index is 13.0. The second-order valence-electron chi connectivity index (χ2n) is 20.1. The summed E-state index contributed by atoms with van der Waals surface area (Å²) in [5, 5.41) is 54.2. The SMILES string of the molecule is CCC/C=C/CC/C=C/CC/C=C/C(O)C(COC1OC(CO)C(O)C(O)C1O)NC(=O)CCCCCCCCCCCCCCCCCCC/C=C\C/C=C\CCCCCCCCCCCCC. The van der Waals surface area contributed by atoms with Crippen molar-refractivity contribution in [1.29, 1.82) is 0 Å². The van der Waals surface area contributed by atoms with E-state index in [0.29, 0.717) is 6.42 Å². The molecule has 0 aromatic heterocycles. The Morgan fingerprint density at radius 2 is 0.899 bits per heavy atom. The summed E-state index contributed by atoms with van der Waals surface area (Å²) in [6, 6.07) is -0.828. The van der Waals surface area contributed by atoms with Gasteiger partial charge in [0.05, 0.1) is 25.4 Å². The Balaban J connectivity index is 2.08. The van der Waals surface area contributed by atoms with Crippen molar-refractivity contribution in [2.24, 2.45) is 0 Å². The molecule has 1 fully saturated rings. The lowest BCUT2D eigenvalue weighted by molar-refractivity contribution is -0.302. The van der Waals surface area contributed by atoms with Crippen LogP contribution in [0.15, 0.2) is 60.8 Å². The van der Waals surface area contributed by atoms with Gasteiger partial charge in [-0.05, 0) is 70.6 Å². The van der Waals surface area contributed by atoms with Crippen LogP contribution >= 0.6 is 0 Å². The minimum atomic E-state index is -1.57. The van der Waals surface area contributed by atoms with E-state index < -0.39 is 49.5 Å². The van der Waals surface area contributed by atoms with Crippen molar-refractivity contribution < 1.29 is 39.8 Å². The molecule has 69 heavy (non-hydrogen) atoms. The van der Waals surface area contributed by atoms with Crippen LogP contribution in [0, 0.1) is 0 Å². The first-order valence-electron chi connectivity index (χ1n) is 29.0. The van der Waals surface area contributed by atoms with E-state index in [0.717, 1.165) is 64.2 Å². The highest BCUT2D eigenvalue weighted by Gasteiger charge is 2.44. The average Bonchev–Trinajstić information content (AvgIpc) is 3.35. The van der Waals surface area contributed by atoms with Crippen LogP contribution in [0.1, 0.15) is 258 Å². The molecule has 7 unspecified atom stereocenters. The van der Waals surface area contributed by atoms with Gasteiger partial charge in [0.2, 0.25) is 5.91 Å². The van der Waals surface area contributed by atoms with Crippen LogP contribution in [-0.2, 0) is 14.3 Å². The third-order valence-corrected chi connectivity index (χ3v) is 13.5. The highest BCUT2D eigenvalue weighted by atomic mass is 16.7. The van der Waals surface area contributed by atoms with Crippen LogP contribution in [0.5, 0.6) is 0 Å². The first-order valence-corrected chi connectivity index (χ1v) is 29.0. The fourth-order valence-corrected chi connectivity index (χ4v) is 8.93. The molecular formula is C60H109NO8. The molecule has 1 aliphatic rings. The number of amides is 1. The van der Waals surface area contributed by atoms with Gasteiger partial charge in [0.1, 0.15) is 24.4 Å². The predicted molar refractivity (Wildman–Crippen MR) is 290 cm³/mol. The fourth-order valence-electron chi connectivity index (χ4n) is 8.93. The number of rotatable bonds is 49. The van der Waals surface area contributed by atoms with E-state index in [4.69, 9.17) is 9.47 Å². The highest BCUT2D eigenvalue weighted by molar-refractivity contribution is 5.76. The van der Waals surface area contributed by atoms with Crippen LogP contribution in [0.2, 0.25) is 0 Å². The normalized spacial score (nSPS) is 19.9. The summed E-state index contributed by atoms with van der Waals surface area (Å²) >= 11 is 0. The van der Waals surface area contributed by atoms with E-state index in [1.165, 1.54) is 173 Å². The maximum Gasteiger partial charge on any atom is 0.220 e. The number of aliphatic hydroxyl groups excluding tert-OH is 5. The summed E-state index contributed by atoms with van der Waals surface area (Å²) in [6.07, 6.45) is 60.4. The number of nitrogens with one attached hydrogen (secondary N) is 1. The lowest BCUT2D eigenvalue weighted by atomic mass is 9.99. The Kier molecular flexibility index (Phi) is 46.5. The monoisotopic (exact) mass is 972 g/mol. The van der Waals surface area contributed by atoms with Crippen LogP contribution in [0.3, 0.4) is 0 Å². The molecule has 1 amide bonds. The van der Waals surface area contributed by atoms with Gasteiger partial charge >= 0.3 is 0 Å². The van der Waals surface area contributed by atoms with E-state index in [9.17, 15) is 30.3 Å². The number of unbranched alkanes of at least 4 members (excludes halogenated alkanes) is 31. The molecule has 1 aliphatic heterocycles. The molecule has 0 spiro atoms. The van der Waals surface area contributed by atoms with Gasteiger partial charge in [-0.15, -0.1) is 0 Å². The number of hydrogen-bond acceptors (Lipinski definition) is 8. The van der Waals surface area contributed by atoms with Crippen LogP contribution in [-0.4, -0.2) is 87.5 Å². The molecule has 1 rings (SSSR count). The van der Waals surface area contributed by atoms with Gasteiger partial charge in [0.15, 0.2) is 6.29 Å². The molecule has 0 aromatic rings. The average molecular weight is 973 g/mol. The molecule has 0 saturated carbocycles. The van der Waals surface area contributed by atoms with E-state index in [2.05, 4.69) is 67.8 Å². The first kappa shape index (κ1) is 64.9. The Morgan fingerprint density at radius 3 is 1.35 bits per heavy atom. The molecule has 9 heteroatoms. The van der Waals surface area contributed by atoms with Crippen molar-refractivity contribution >= 4 is 5.91 Å². The van der Waals surface area contributed by atoms with Crippen LogP contribution in [0.4, 0.5) is 0 Å². The van der Waals surface area contributed by atoms with Gasteiger partial charge in [-0.3, -0.25) is 4.79 Å². The Morgan fingerprint density at radius 1 is 0.493 bits per heavy atom. The summed E-state index contributed by atoms with van der Waals surface area (Å²) < 4.78 is 11.2. The molecule has 1 heterocycles. The zero-order valence-electron chi connectivity index (χ0n) is 44.6. The molecule has 7 atom stereocenters. The highest BCUT2D eigenvalue weighted by Crippen LogP contribution is 2.23. The summed E-state index contributed by atoms with van der Waals surface area (Å²) in [5.41, 5.74) is 0. The molecule has 0 aliphatic carbocycles. The van der Waals surface area contributed by atoms with E-state index in [-0.39, 0.29) is 12.5 Å². The summed E-state index contributed by atoms with van der Waals surface area (Å²) in [7, 11) is 0. The standard InChI is InChI=1S/C60H109NO8/c1-3-5-7-9-11-13-15-16-17-18-19-20-21-22-23-24-25-26-27-28-29-30-31-32-33-34-35-36-37-38-40-42-44-46-48-50-56(64)61-53(52-68-60-59(67)58(66)57(65)55(51-62)69-60)54(63)49-47-45-43-41-39-14-12-10-8-6-4-2/h8,10,21-22,24-25,39,41,47,49,53-55,57-60,62-63,65-67H,3-7,9,11-20,23,26-38,40,42-46,48,50-52H2,1-2H3,(H,61,64)/b10-8+,22-21-,25-24-,41-39+,49-47+. The van der Waals surface area contributed by atoms with Crippen molar-refractivity contribution in [1.82, 2.24) is 5.32 Å². The number of hydrogen-bond donors (Lipinski definition) is 6. The number of aliphatic hydroxyl groups is 5. The van der Waals surface area contributed by atoms with E-state index in [1.54, 1.807) is 6.08 Å². The Hall–Kier alpha value is -2.11. The quantitative estimate of drug-likeness (QED) is 0.0261. The minimum Gasteiger partial charge on any atom is -0.394 e. The largest absolute Gasteiger partial charge is 0.394 e. The van der Waals surface area contributed by atoms with Gasteiger partial charge in [0.25, 0.3) is 0 Å². The van der Waals surface area contributed by atoms with Gasteiger partial charge < -0.3 is 40.3 Å². The fraction of sp³-hybridized carbons (Fsp3) is 0.817. The van der Waals surface area contributed by atoms with Crippen molar-refractivity contribution in [2.75, 3.05) is 13.2 Å². The second kappa shape index (κ2) is 49.5. The Bertz CT molecular complexity index is 1270. The van der Waals surface area contributed by atoms with Gasteiger partial charge in [-0.25, -0.2) is 0 Å². The molecule has 0 radical (unpaired) electrons. The summed E-state index contributed by atoms with van der Waals surface area (Å²) in [6.45, 7) is 3.68. The third kappa shape index (κ3) is 39.1. The van der Waals surface area contributed by atoms with Gasteiger partial charge in [0, 0.05) is 6.42 Å². The summed E-state index contributed by atoms with van der Waals surface area (Å²) in [5.74, 6) is -0.192. The first-order chi connectivity index (χ1) is 33.8. The van der Waals surface area contributed by atoms with E-state index >= 15 is 0 Å². The Labute approximate surface area is 424 Å². The van der Waals surface area contributed by atoms with Crippen molar-refractivity contribution in [3.8, 4) is 0 Å². The van der Waals surface area contributed by atoms with Crippen molar-refractivity contribution in [2.45, 2.75) is 301 Å². The topological polar surface area (TPSA) is 149 Å². The number of carbonyl (C=O) groups excluding carboxylic acids is 1. The molecule has 402 valence electrons. The van der Waals surface area contributed by atoms with Crippen molar-refractivity contribution in [3.63, 3.8) is 0 Å². The molecule has 0 aromatic carbocycles. The molecule has 1 saturated heterocycles. The predicted octanol–water partition coefficient (Wildman–Crippen LogP) is 14.3. The lowest BCUT2D eigenvalue weighted by Crippen LogP contribution is -2.60. The van der Waals surface area contributed by atoms with Crippen LogP contribution < -0.4 is 5.32 Å². The maximum absolute atomic E-state index is 13.0. The van der Waals surface area contributed by atoms with Gasteiger partial charge in [-0.2, -0.15) is 0 Å². The molecule has 9 nitrogen and oxygen atoms in total. The zero-order chi connectivity index (χ0) is 50.1. The number of ether oxygens (including phenoxy) is 2. The molecule has 6 N–H and O–H groups in total. The zero-order valence-corrected chi connectivity index (χ0v) is 44.6.